The fourth-order valence-corrected chi connectivity index (χ4v) is 3.13. The maximum Gasteiger partial charge on any atom is 0.125 e. The Labute approximate surface area is 115 Å². The first-order valence-electron chi connectivity index (χ1n) is 5.82. The molecule has 1 aromatic carbocycles. The van der Waals surface area contributed by atoms with E-state index in [1.54, 1.807) is 16.8 Å². The first-order chi connectivity index (χ1) is 8.74. The molecule has 2 aromatic rings. The quantitative estimate of drug-likeness (QED) is 0.940. The number of benzene rings is 1. The Hall–Kier alpha value is -1.10. The number of ether oxygens (including phenoxy) is 1. The van der Waals surface area contributed by atoms with Crippen molar-refractivity contribution in [2.45, 2.75) is 18.9 Å². The van der Waals surface area contributed by atoms with E-state index in [0.29, 0.717) is 0 Å². The number of halogens is 1. The second kappa shape index (κ2) is 4.88. The van der Waals surface area contributed by atoms with E-state index in [4.69, 9.17) is 22.1 Å². The third-order valence-corrected chi connectivity index (χ3v) is 4.21. The highest BCUT2D eigenvalue weighted by atomic mass is 35.5. The van der Waals surface area contributed by atoms with Crippen LogP contribution < -0.4 is 10.5 Å². The Balaban J connectivity index is 1.89. The standard InChI is InChI=1S/C13H13ClN2OS/c14-10-3-8-1-2-17-13(8)9(4-10)5-11(15)12-6-16-7-18-12/h3-4,6-7,11H,1-2,5,15H2. The molecule has 1 aliphatic heterocycles. The van der Waals surface area contributed by atoms with Crippen molar-refractivity contribution in [3.8, 4) is 5.75 Å². The van der Waals surface area contributed by atoms with Gasteiger partial charge in [-0.25, -0.2) is 0 Å². The Morgan fingerprint density at radius 1 is 1.50 bits per heavy atom. The van der Waals surface area contributed by atoms with Gasteiger partial charge in [-0.1, -0.05) is 11.6 Å². The van der Waals surface area contributed by atoms with Crippen molar-refractivity contribution in [2.24, 2.45) is 5.73 Å². The number of aromatic nitrogens is 1. The van der Waals surface area contributed by atoms with Crippen LogP contribution in [0, 0.1) is 0 Å². The van der Waals surface area contributed by atoms with Gasteiger partial charge in [0.15, 0.2) is 0 Å². The third kappa shape index (κ3) is 2.23. The fraction of sp³-hybridized carbons (Fsp3) is 0.308. The van der Waals surface area contributed by atoms with Crippen LogP contribution in [0.5, 0.6) is 5.75 Å². The minimum Gasteiger partial charge on any atom is -0.493 e. The van der Waals surface area contributed by atoms with E-state index in [-0.39, 0.29) is 6.04 Å². The monoisotopic (exact) mass is 280 g/mol. The van der Waals surface area contributed by atoms with E-state index in [2.05, 4.69) is 4.98 Å². The highest BCUT2D eigenvalue weighted by molar-refractivity contribution is 7.09. The van der Waals surface area contributed by atoms with Crippen LogP contribution in [0.2, 0.25) is 5.02 Å². The van der Waals surface area contributed by atoms with Crippen molar-refractivity contribution in [2.75, 3.05) is 6.61 Å². The van der Waals surface area contributed by atoms with Crippen LogP contribution in [-0.2, 0) is 12.8 Å². The highest BCUT2D eigenvalue weighted by Gasteiger charge is 2.20. The van der Waals surface area contributed by atoms with Crippen LogP contribution in [-0.4, -0.2) is 11.6 Å². The summed E-state index contributed by atoms with van der Waals surface area (Å²) >= 11 is 7.71. The number of rotatable bonds is 3. The van der Waals surface area contributed by atoms with Crippen molar-refractivity contribution in [1.82, 2.24) is 4.98 Å². The van der Waals surface area contributed by atoms with Gasteiger partial charge in [0.2, 0.25) is 0 Å². The van der Waals surface area contributed by atoms with Crippen molar-refractivity contribution in [1.29, 1.82) is 0 Å². The molecule has 1 aromatic heterocycles. The topological polar surface area (TPSA) is 48.1 Å². The van der Waals surface area contributed by atoms with Crippen LogP contribution in [0.1, 0.15) is 22.0 Å². The van der Waals surface area contributed by atoms with Crippen LogP contribution in [0.3, 0.4) is 0 Å². The predicted molar refractivity (Wildman–Crippen MR) is 73.4 cm³/mol. The number of hydrogen-bond donors (Lipinski definition) is 1. The van der Waals surface area contributed by atoms with Gasteiger partial charge in [-0.2, -0.15) is 0 Å². The summed E-state index contributed by atoms with van der Waals surface area (Å²) in [7, 11) is 0. The molecule has 0 fully saturated rings. The van der Waals surface area contributed by atoms with Crippen LogP contribution in [0.15, 0.2) is 23.8 Å². The molecule has 3 nitrogen and oxygen atoms in total. The number of thiazole rings is 1. The van der Waals surface area contributed by atoms with E-state index in [9.17, 15) is 0 Å². The summed E-state index contributed by atoms with van der Waals surface area (Å²) in [5.41, 5.74) is 10.3. The molecule has 1 unspecified atom stereocenters. The summed E-state index contributed by atoms with van der Waals surface area (Å²) in [5.74, 6) is 0.972. The normalized spacial score (nSPS) is 15.2. The summed E-state index contributed by atoms with van der Waals surface area (Å²) in [6, 6.07) is 3.88. The number of hydrogen-bond acceptors (Lipinski definition) is 4. The first-order valence-corrected chi connectivity index (χ1v) is 7.08. The summed E-state index contributed by atoms with van der Waals surface area (Å²) in [4.78, 5) is 5.14. The summed E-state index contributed by atoms with van der Waals surface area (Å²) < 4.78 is 5.68. The Bertz CT molecular complexity index is 556. The van der Waals surface area contributed by atoms with Gasteiger partial charge in [-0.15, -0.1) is 11.3 Å². The Morgan fingerprint density at radius 3 is 3.17 bits per heavy atom. The molecule has 0 saturated carbocycles. The predicted octanol–water partition coefficient (Wildman–Crippen LogP) is 2.97. The summed E-state index contributed by atoms with van der Waals surface area (Å²) in [5, 5.41) is 0.755. The molecule has 0 radical (unpaired) electrons. The van der Waals surface area contributed by atoms with Gasteiger partial charge >= 0.3 is 0 Å². The lowest BCUT2D eigenvalue weighted by atomic mass is 10.0. The molecule has 3 rings (SSSR count). The molecule has 2 N–H and O–H groups in total. The molecule has 0 amide bonds. The van der Waals surface area contributed by atoms with Crippen molar-refractivity contribution >= 4 is 22.9 Å². The average molecular weight is 281 g/mol. The second-order valence-electron chi connectivity index (χ2n) is 4.37. The lowest BCUT2D eigenvalue weighted by molar-refractivity contribution is 0.352. The molecule has 94 valence electrons. The van der Waals surface area contributed by atoms with Gasteiger partial charge < -0.3 is 10.5 Å². The molecule has 1 aliphatic rings. The van der Waals surface area contributed by atoms with Crippen molar-refractivity contribution in [3.05, 3.63) is 44.9 Å². The van der Waals surface area contributed by atoms with Crippen molar-refractivity contribution < 1.29 is 4.74 Å². The lowest BCUT2D eigenvalue weighted by Crippen LogP contribution is -2.12. The minimum absolute atomic E-state index is 0.0516. The molecule has 2 heterocycles. The fourth-order valence-electron chi connectivity index (χ4n) is 2.24. The van der Waals surface area contributed by atoms with Crippen LogP contribution >= 0.6 is 22.9 Å². The lowest BCUT2D eigenvalue weighted by Gasteiger charge is -2.13. The van der Waals surface area contributed by atoms with E-state index >= 15 is 0 Å². The van der Waals surface area contributed by atoms with E-state index in [0.717, 1.165) is 40.7 Å². The average Bonchev–Trinajstić information content (AvgIpc) is 2.98. The largest absolute Gasteiger partial charge is 0.493 e. The summed E-state index contributed by atoms with van der Waals surface area (Å²) in [6.45, 7) is 0.735. The Kier molecular flexibility index (Phi) is 3.24. The number of nitrogens with zero attached hydrogens (tertiary/aromatic N) is 1. The molecule has 18 heavy (non-hydrogen) atoms. The molecule has 0 saturated heterocycles. The zero-order valence-electron chi connectivity index (χ0n) is 9.73. The zero-order valence-corrected chi connectivity index (χ0v) is 11.3. The maximum absolute atomic E-state index is 6.19. The van der Waals surface area contributed by atoms with Gasteiger partial charge in [0.1, 0.15) is 5.75 Å². The number of nitrogens with two attached hydrogens (primary N) is 1. The minimum atomic E-state index is -0.0516. The summed E-state index contributed by atoms with van der Waals surface area (Å²) in [6.07, 6.45) is 3.48. The van der Waals surface area contributed by atoms with E-state index in [1.807, 2.05) is 18.3 Å². The smallest absolute Gasteiger partial charge is 0.125 e. The molecular formula is C13H13ClN2OS. The van der Waals surface area contributed by atoms with Gasteiger partial charge in [0.05, 0.1) is 12.1 Å². The van der Waals surface area contributed by atoms with Crippen LogP contribution in [0.25, 0.3) is 0 Å². The molecule has 0 bridgehead atoms. The molecular weight excluding hydrogens is 268 g/mol. The molecule has 5 heteroatoms. The Morgan fingerprint density at radius 2 is 2.39 bits per heavy atom. The first kappa shape index (κ1) is 12.0. The van der Waals surface area contributed by atoms with E-state index in [1.165, 1.54) is 5.56 Å². The highest BCUT2D eigenvalue weighted by Crippen LogP contribution is 2.35. The molecule has 1 atom stereocenters. The SMILES string of the molecule is NC(Cc1cc(Cl)cc2c1OCC2)c1cncs1. The van der Waals surface area contributed by atoms with E-state index < -0.39 is 0 Å². The molecule has 0 aliphatic carbocycles. The molecule has 0 spiro atoms. The third-order valence-electron chi connectivity index (χ3n) is 3.08. The number of fused-ring (bicyclic) bond motifs is 1. The van der Waals surface area contributed by atoms with Gasteiger partial charge in [-0.05, 0) is 29.7 Å². The van der Waals surface area contributed by atoms with Gasteiger partial charge in [-0.3, -0.25) is 4.98 Å². The maximum atomic E-state index is 6.19. The second-order valence-corrected chi connectivity index (χ2v) is 5.72. The van der Waals surface area contributed by atoms with Crippen molar-refractivity contribution in [3.63, 3.8) is 0 Å². The van der Waals surface area contributed by atoms with Gasteiger partial charge in [0, 0.05) is 28.6 Å². The van der Waals surface area contributed by atoms with Crippen LogP contribution in [0.4, 0.5) is 0 Å². The van der Waals surface area contributed by atoms with Gasteiger partial charge in [0.25, 0.3) is 0 Å². The zero-order chi connectivity index (χ0) is 12.5.